The van der Waals surface area contributed by atoms with Crippen LogP contribution in [0.15, 0.2) is 54.3 Å². The minimum atomic E-state index is 0.0712. The lowest BCUT2D eigenvalue weighted by atomic mass is 10.2. The van der Waals surface area contributed by atoms with Crippen molar-refractivity contribution in [3.63, 3.8) is 0 Å². The Bertz CT molecular complexity index is 789. The average Bonchev–Trinajstić information content (AvgIpc) is 3.10. The van der Waals surface area contributed by atoms with E-state index in [-0.39, 0.29) is 5.91 Å². The van der Waals surface area contributed by atoms with Gasteiger partial charge in [-0.1, -0.05) is 6.07 Å². The second-order valence-corrected chi connectivity index (χ2v) is 6.31. The largest absolute Gasteiger partial charge is 0.345 e. The second kappa shape index (κ2) is 7.79. The molecule has 0 aliphatic carbocycles. The van der Waals surface area contributed by atoms with Crippen molar-refractivity contribution in [3.05, 3.63) is 65.6 Å². The van der Waals surface area contributed by atoms with Crippen LogP contribution in [0.1, 0.15) is 11.3 Å². The van der Waals surface area contributed by atoms with Gasteiger partial charge in [0, 0.05) is 37.6 Å². The third-order valence-electron chi connectivity index (χ3n) is 3.68. The lowest BCUT2D eigenvalue weighted by Gasteiger charge is -2.16. The summed E-state index contributed by atoms with van der Waals surface area (Å²) in [5, 5.41) is 2.77. The summed E-state index contributed by atoms with van der Waals surface area (Å²) >= 11 is 1.52. The van der Waals surface area contributed by atoms with Crippen molar-refractivity contribution in [2.24, 2.45) is 0 Å². The molecule has 3 rings (SSSR count). The van der Waals surface area contributed by atoms with Crippen molar-refractivity contribution in [2.75, 3.05) is 13.6 Å². The van der Waals surface area contributed by atoms with E-state index in [9.17, 15) is 4.79 Å². The number of amides is 1. The zero-order valence-corrected chi connectivity index (χ0v) is 14.2. The number of hydrogen-bond donors (Lipinski definition) is 0. The molecule has 6 heteroatoms. The van der Waals surface area contributed by atoms with E-state index in [1.807, 2.05) is 42.8 Å². The molecule has 3 heterocycles. The van der Waals surface area contributed by atoms with Gasteiger partial charge < -0.3 is 4.90 Å². The van der Waals surface area contributed by atoms with Crippen LogP contribution in [-0.2, 0) is 17.6 Å². The molecule has 0 saturated carbocycles. The van der Waals surface area contributed by atoms with E-state index >= 15 is 0 Å². The Balaban J connectivity index is 1.55. The first kappa shape index (κ1) is 16.3. The molecule has 0 N–H and O–H groups in total. The predicted molar refractivity (Wildman–Crippen MR) is 94.6 cm³/mol. The molecular weight excluding hydrogens is 320 g/mol. The molecule has 0 spiro atoms. The lowest BCUT2D eigenvalue weighted by Crippen LogP contribution is -2.30. The monoisotopic (exact) mass is 338 g/mol. The fraction of sp³-hybridized carbons (Fsp3) is 0.222. The molecule has 0 aliphatic rings. The van der Waals surface area contributed by atoms with Gasteiger partial charge in [-0.2, -0.15) is 0 Å². The number of carbonyl (C=O) groups is 1. The Morgan fingerprint density at radius 2 is 2.00 bits per heavy atom. The van der Waals surface area contributed by atoms with Crippen LogP contribution in [0.4, 0.5) is 0 Å². The number of pyridine rings is 2. The van der Waals surface area contributed by atoms with Gasteiger partial charge in [0.2, 0.25) is 5.91 Å². The number of aromatic nitrogens is 3. The van der Waals surface area contributed by atoms with Crippen molar-refractivity contribution in [3.8, 4) is 10.7 Å². The number of thiazole rings is 1. The van der Waals surface area contributed by atoms with Crippen LogP contribution in [0.5, 0.6) is 0 Å². The number of rotatable bonds is 6. The molecule has 5 nitrogen and oxygen atoms in total. The molecule has 0 fully saturated rings. The highest BCUT2D eigenvalue weighted by Gasteiger charge is 2.13. The molecule has 1 amide bonds. The molecule has 0 aliphatic heterocycles. The lowest BCUT2D eigenvalue weighted by molar-refractivity contribution is -0.129. The van der Waals surface area contributed by atoms with Crippen LogP contribution in [-0.4, -0.2) is 39.4 Å². The van der Waals surface area contributed by atoms with Crippen LogP contribution in [0.25, 0.3) is 10.7 Å². The molecule has 0 radical (unpaired) electrons. The van der Waals surface area contributed by atoms with Crippen molar-refractivity contribution >= 4 is 17.2 Å². The van der Waals surface area contributed by atoms with Gasteiger partial charge >= 0.3 is 0 Å². The van der Waals surface area contributed by atoms with E-state index in [0.717, 1.165) is 22.8 Å². The normalized spacial score (nSPS) is 10.5. The molecule has 24 heavy (non-hydrogen) atoms. The summed E-state index contributed by atoms with van der Waals surface area (Å²) in [6, 6.07) is 9.67. The van der Waals surface area contributed by atoms with Crippen LogP contribution in [0.3, 0.4) is 0 Å². The smallest absolute Gasteiger partial charge is 0.228 e. The third-order valence-corrected chi connectivity index (χ3v) is 4.59. The molecule has 3 aromatic rings. The van der Waals surface area contributed by atoms with Crippen LogP contribution in [0, 0.1) is 0 Å². The van der Waals surface area contributed by atoms with Crippen molar-refractivity contribution < 1.29 is 4.79 Å². The van der Waals surface area contributed by atoms with E-state index < -0.39 is 0 Å². The highest BCUT2D eigenvalue weighted by atomic mass is 32.1. The summed E-state index contributed by atoms with van der Waals surface area (Å²) in [6.07, 6.45) is 6.42. The molecule has 122 valence electrons. The van der Waals surface area contributed by atoms with E-state index in [1.54, 1.807) is 23.5 Å². The maximum Gasteiger partial charge on any atom is 0.228 e. The average molecular weight is 338 g/mol. The summed E-state index contributed by atoms with van der Waals surface area (Å²) in [7, 11) is 1.83. The van der Waals surface area contributed by atoms with Gasteiger partial charge in [-0.3, -0.25) is 14.8 Å². The molecule has 3 aromatic heterocycles. The van der Waals surface area contributed by atoms with Crippen molar-refractivity contribution in [1.82, 2.24) is 19.9 Å². The first-order valence-electron chi connectivity index (χ1n) is 7.71. The van der Waals surface area contributed by atoms with Crippen LogP contribution >= 0.6 is 11.3 Å². The van der Waals surface area contributed by atoms with E-state index in [4.69, 9.17) is 0 Å². The highest BCUT2D eigenvalue weighted by Crippen LogP contribution is 2.21. The Labute approximate surface area is 145 Å². The van der Waals surface area contributed by atoms with Gasteiger partial charge in [0.15, 0.2) is 0 Å². The van der Waals surface area contributed by atoms with Crippen molar-refractivity contribution in [1.29, 1.82) is 0 Å². The number of hydrogen-bond acceptors (Lipinski definition) is 5. The molecule has 0 unspecified atom stereocenters. The summed E-state index contributed by atoms with van der Waals surface area (Å²) in [4.78, 5) is 26.9. The summed E-state index contributed by atoms with van der Waals surface area (Å²) in [6.45, 7) is 0.681. The van der Waals surface area contributed by atoms with Crippen LogP contribution < -0.4 is 0 Å². The number of nitrogens with zero attached hydrogens (tertiary/aromatic N) is 4. The Kier molecular flexibility index (Phi) is 5.28. The third kappa shape index (κ3) is 4.23. The Morgan fingerprint density at radius 1 is 1.17 bits per heavy atom. The molecule has 0 saturated heterocycles. The predicted octanol–water partition coefficient (Wildman–Crippen LogP) is 2.84. The Morgan fingerprint density at radius 3 is 2.75 bits per heavy atom. The quantitative estimate of drug-likeness (QED) is 0.693. The summed E-state index contributed by atoms with van der Waals surface area (Å²) < 4.78 is 0. The zero-order valence-electron chi connectivity index (χ0n) is 13.4. The minimum Gasteiger partial charge on any atom is -0.345 e. The molecule has 0 aromatic carbocycles. The van der Waals surface area contributed by atoms with Gasteiger partial charge in [0.1, 0.15) is 5.01 Å². The fourth-order valence-electron chi connectivity index (χ4n) is 2.26. The molecular formula is C18H18N4OS. The van der Waals surface area contributed by atoms with Gasteiger partial charge in [-0.05, 0) is 36.2 Å². The standard InChI is InChI=1S/C18H18N4OS/c1-22(11-7-14-5-9-19-10-6-14)17(23)12-15-13-24-18(21-15)16-4-2-3-8-20-16/h2-6,8-10,13H,7,11-12H2,1H3. The number of carbonyl (C=O) groups excluding carboxylic acids is 1. The minimum absolute atomic E-state index is 0.0712. The maximum atomic E-state index is 12.3. The highest BCUT2D eigenvalue weighted by molar-refractivity contribution is 7.13. The van der Waals surface area contributed by atoms with Gasteiger partial charge in [0.05, 0.1) is 17.8 Å². The van der Waals surface area contributed by atoms with Gasteiger partial charge in [-0.25, -0.2) is 4.98 Å². The van der Waals surface area contributed by atoms with Crippen LogP contribution in [0.2, 0.25) is 0 Å². The topological polar surface area (TPSA) is 59.0 Å². The summed E-state index contributed by atoms with van der Waals surface area (Å²) in [5.74, 6) is 0.0712. The first-order chi connectivity index (χ1) is 11.7. The molecule has 0 atom stereocenters. The van der Waals surface area contributed by atoms with E-state index in [1.165, 1.54) is 16.9 Å². The zero-order chi connectivity index (χ0) is 16.8. The van der Waals surface area contributed by atoms with Crippen molar-refractivity contribution in [2.45, 2.75) is 12.8 Å². The maximum absolute atomic E-state index is 12.3. The SMILES string of the molecule is CN(CCc1ccncc1)C(=O)Cc1csc(-c2ccccn2)n1. The Hall–Kier alpha value is -2.60. The second-order valence-electron chi connectivity index (χ2n) is 5.46. The molecule has 0 bridgehead atoms. The van der Waals surface area contributed by atoms with E-state index in [0.29, 0.717) is 13.0 Å². The van der Waals surface area contributed by atoms with Gasteiger partial charge in [-0.15, -0.1) is 11.3 Å². The van der Waals surface area contributed by atoms with Gasteiger partial charge in [0.25, 0.3) is 0 Å². The number of likely N-dealkylation sites (N-methyl/N-ethyl adjacent to an activating group) is 1. The van der Waals surface area contributed by atoms with E-state index in [2.05, 4.69) is 15.0 Å². The first-order valence-corrected chi connectivity index (χ1v) is 8.59. The fourth-order valence-corrected chi connectivity index (χ4v) is 3.05. The summed E-state index contributed by atoms with van der Waals surface area (Å²) in [5.41, 5.74) is 2.81.